The Bertz CT molecular complexity index is 815. The minimum Gasteiger partial charge on any atom is -0.493 e. The van der Waals surface area contributed by atoms with Crippen molar-refractivity contribution in [3.8, 4) is 17.2 Å². The molecule has 0 aliphatic rings. The second kappa shape index (κ2) is 9.68. The molecule has 2 rings (SSSR count). The number of methoxy groups -OCH3 is 3. The Labute approximate surface area is 163 Å². The average molecular weight is 392 g/mol. The van der Waals surface area contributed by atoms with Crippen molar-refractivity contribution in [3.63, 3.8) is 0 Å². The molecule has 0 radical (unpaired) electrons. The summed E-state index contributed by atoms with van der Waals surface area (Å²) in [5.74, 6) is 1.20. The van der Waals surface area contributed by atoms with Crippen LogP contribution in [0.4, 0.5) is 5.69 Å². The minimum atomic E-state index is -0.293. The van der Waals surface area contributed by atoms with E-state index in [1.165, 1.54) is 27.5 Å². The van der Waals surface area contributed by atoms with Crippen molar-refractivity contribution in [2.75, 3.05) is 33.2 Å². The first-order chi connectivity index (χ1) is 13.0. The van der Waals surface area contributed by atoms with Crippen molar-refractivity contribution in [2.45, 2.75) is 6.92 Å². The van der Waals surface area contributed by atoms with Gasteiger partial charge in [-0.3, -0.25) is 4.79 Å². The predicted molar refractivity (Wildman–Crippen MR) is 107 cm³/mol. The van der Waals surface area contributed by atoms with Crippen LogP contribution in [0.25, 0.3) is 0 Å². The van der Waals surface area contributed by atoms with Crippen LogP contribution in [0, 0.1) is 6.92 Å². The van der Waals surface area contributed by atoms with E-state index in [-0.39, 0.29) is 12.5 Å². The molecule has 8 heteroatoms. The Morgan fingerprint density at radius 1 is 1.15 bits per heavy atom. The summed E-state index contributed by atoms with van der Waals surface area (Å²) in [6, 6.07) is 8.92. The number of halogens is 1. The number of hydrogen-bond acceptors (Lipinski definition) is 6. The highest BCUT2D eigenvalue weighted by atomic mass is 35.5. The summed E-state index contributed by atoms with van der Waals surface area (Å²) >= 11 is 6.06. The van der Waals surface area contributed by atoms with Gasteiger partial charge >= 0.3 is 0 Å². The topological polar surface area (TPSA) is 81.2 Å². The molecule has 7 nitrogen and oxygen atoms in total. The number of benzene rings is 2. The van der Waals surface area contributed by atoms with Gasteiger partial charge in [-0.05, 0) is 36.8 Å². The smallest absolute Gasteiger partial charge is 0.259 e. The van der Waals surface area contributed by atoms with Crippen molar-refractivity contribution in [1.82, 2.24) is 5.43 Å². The molecule has 0 heterocycles. The van der Waals surface area contributed by atoms with Gasteiger partial charge in [-0.1, -0.05) is 17.7 Å². The molecule has 2 N–H and O–H groups in total. The van der Waals surface area contributed by atoms with Crippen LogP contribution in [0.5, 0.6) is 17.2 Å². The third-order valence-corrected chi connectivity index (χ3v) is 4.21. The van der Waals surface area contributed by atoms with Crippen LogP contribution in [0.3, 0.4) is 0 Å². The number of carbonyl (C=O) groups is 1. The van der Waals surface area contributed by atoms with Crippen molar-refractivity contribution < 1.29 is 19.0 Å². The maximum atomic E-state index is 12.0. The molecule has 0 atom stereocenters. The predicted octanol–water partition coefficient (Wildman–Crippen LogP) is 3.24. The second-order valence-corrected chi connectivity index (χ2v) is 5.93. The number of nitrogens with zero attached hydrogens (tertiary/aromatic N) is 1. The lowest BCUT2D eigenvalue weighted by Crippen LogP contribution is -2.26. The van der Waals surface area contributed by atoms with Crippen LogP contribution in [-0.2, 0) is 4.79 Å². The fourth-order valence-corrected chi connectivity index (χ4v) is 2.54. The van der Waals surface area contributed by atoms with E-state index < -0.39 is 0 Å². The van der Waals surface area contributed by atoms with Gasteiger partial charge in [0, 0.05) is 16.3 Å². The quantitative estimate of drug-likeness (QED) is 0.533. The van der Waals surface area contributed by atoms with Crippen LogP contribution in [0.1, 0.15) is 11.1 Å². The molecule has 0 fully saturated rings. The van der Waals surface area contributed by atoms with E-state index in [1.807, 2.05) is 19.1 Å². The van der Waals surface area contributed by atoms with Gasteiger partial charge in [-0.25, -0.2) is 5.43 Å². The van der Waals surface area contributed by atoms with Crippen molar-refractivity contribution in [1.29, 1.82) is 0 Å². The standard InChI is InChI=1S/C19H22ClN3O4/c1-12-14(20)6-5-7-15(12)21-11-18(24)23-22-10-13-8-16(25-2)19(27-4)17(9-13)26-3/h5-10,21H,11H2,1-4H3,(H,23,24)/b22-10-. The molecule has 0 aromatic heterocycles. The van der Waals surface area contributed by atoms with Gasteiger partial charge in [0.05, 0.1) is 34.1 Å². The lowest BCUT2D eigenvalue weighted by Gasteiger charge is -2.12. The zero-order valence-electron chi connectivity index (χ0n) is 15.6. The Kier molecular flexibility index (Phi) is 7.31. The molecule has 27 heavy (non-hydrogen) atoms. The number of hydrogen-bond donors (Lipinski definition) is 2. The molecule has 2 aromatic carbocycles. The van der Waals surface area contributed by atoms with Gasteiger partial charge in [0.25, 0.3) is 5.91 Å². The highest BCUT2D eigenvalue weighted by Crippen LogP contribution is 2.37. The number of nitrogens with one attached hydrogen (secondary N) is 2. The normalized spacial score (nSPS) is 10.6. The van der Waals surface area contributed by atoms with E-state index in [4.69, 9.17) is 25.8 Å². The van der Waals surface area contributed by atoms with Crippen molar-refractivity contribution in [2.24, 2.45) is 5.10 Å². The molecule has 0 aliphatic heterocycles. The summed E-state index contributed by atoms with van der Waals surface area (Å²) in [6.07, 6.45) is 1.49. The zero-order chi connectivity index (χ0) is 19.8. The third-order valence-electron chi connectivity index (χ3n) is 3.80. The first kappa shape index (κ1) is 20.4. The van der Waals surface area contributed by atoms with Crippen LogP contribution < -0.4 is 25.0 Å². The zero-order valence-corrected chi connectivity index (χ0v) is 16.4. The molecule has 0 saturated heterocycles. The van der Waals surface area contributed by atoms with Gasteiger partial charge in [-0.15, -0.1) is 0 Å². The Balaban J connectivity index is 1.98. The monoisotopic (exact) mass is 391 g/mol. The minimum absolute atomic E-state index is 0.0633. The summed E-state index contributed by atoms with van der Waals surface area (Å²) in [5.41, 5.74) is 4.82. The lowest BCUT2D eigenvalue weighted by atomic mass is 10.2. The van der Waals surface area contributed by atoms with E-state index in [2.05, 4.69) is 15.8 Å². The SMILES string of the molecule is COc1cc(/C=N\NC(=O)CNc2cccc(Cl)c2C)cc(OC)c1OC. The highest BCUT2D eigenvalue weighted by Gasteiger charge is 2.12. The molecule has 0 bridgehead atoms. The maximum Gasteiger partial charge on any atom is 0.259 e. The first-order valence-electron chi connectivity index (χ1n) is 8.11. The van der Waals surface area contributed by atoms with Gasteiger partial charge in [0.1, 0.15) is 0 Å². The summed E-state index contributed by atoms with van der Waals surface area (Å²) in [7, 11) is 4.59. The van der Waals surface area contributed by atoms with Crippen LogP contribution in [0.15, 0.2) is 35.4 Å². The second-order valence-electron chi connectivity index (χ2n) is 5.52. The van der Waals surface area contributed by atoms with Gasteiger partial charge in [0.2, 0.25) is 5.75 Å². The Morgan fingerprint density at radius 3 is 2.41 bits per heavy atom. The molecule has 0 saturated carbocycles. The van der Waals surface area contributed by atoms with Crippen molar-refractivity contribution >= 4 is 29.4 Å². The fourth-order valence-electron chi connectivity index (χ4n) is 2.37. The molecule has 1 amide bonds. The summed E-state index contributed by atoms with van der Waals surface area (Å²) < 4.78 is 15.8. The maximum absolute atomic E-state index is 12.0. The Hall–Kier alpha value is -2.93. The lowest BCUT2D eigenvalue weighted by molar-refractivity contribution is -0.119. The number of hydrazone groups is 1. The molecule has 0 unspecified atom stereocenters. The van der Waals surface area contributed by atoms with E-state index in [0.717, 1.165) is 11.3 Å². The highest BCUT2D eigenvalue weighted by molar-refractivity contribution is 6.31. The molecule has 144 valence electrons. The molecule has 0 aliphatic carbocycles. The molecular formula is C19H22ClN3O4. The van der Waals surface area contributed by atoms with Gasteiger partial charge in [-0.2, -0.15) is 5.10 Å². The number of carbonyl (C=O) groups excluding carboxylic acids is 1. The van der Waals surface area contributed by atoms with E-state index >= 15 is 0 Å². The van der Waals surface area contributed by atoms with Crippen molar-refractivity contribution in [3.05, 3.63) is 46.5 Å². The summed E-state index contributed by atoms with van der Waals surface area (Å²) in [6.45, 7) is 1.94. The average Bonchev–Trinajstić information content (AvgIpc) is 2.68. The third kappa shape index (κ3) is 5.27. The van der Waals surface area contributed by atoms with Crippen LogP contribution in [0.2, 0.25) is 5.02 Å². The molecule has 2 aromatic rings. The van der Waals surface area contributed by atoms with E-state index in [1.54, 1.807) is 18.2 Å². The van der Waals surface area contributed by atoms with Crippen LogP contribution >= 0.6 is 11.6 Å². The van der Waals surface area contributed by atoms with Crippen LogP contribution in [-0.4, -0.2) is 40.0 Å². The number of ether oxygens (including phenoxy) is 3. The number of anilines is 1. The van der Waals surface area contributed by atoms with E-state index in [9.17, 15) is 4.79 Å². The molecular weight excluding hydrogens is 370 g/mol. The molecule has 0 spiro atoms. The summed E-state index contributed by atoms with van der Waals surface area (Å²) in [5, 5.41) is 7.62. The number of rotatable bonds is 8. The summed E-state index contributed by atoms with van der Waals surface area (Å²) in [4.78, 5) is 12.0. The van der Waals surface area contributed by atoms with Gasteiger partial charge in [0.15, 0.2) is 11.5 Å². The number of amides is 1. The fraction of sp³-hybridized carbons (Fsp3) is 0.263. The largest absolute Gasteiger partial charge is 0.493 e. The Morgan fingerprint density at radius 2 is 1.81 bits per heavy atom. The van der Waals surface area contributed by atoms with E-state index in [0.29, 0.717) is 27.8 Å². The van der Waals surface area contributed by atoms with Gasteiger partial charge < -0.3 is 19.5 Å². The first-order valence-corrected chi connectivity index (χ1v) is 8.48.